The van der Waals surface area contributed by atoms with Gasteiger partial charge < -0.3 is 14.2 Å². The first kappa shape index (κ1) is 23.2. The number of aromatic nitrogens is 2. The third kappa shape index (κ3) is 4.64. The Balaban J connectivity index is 1.32. The van der Waals surface area contributed by atoms with Gasteiger partial charge in [-0.1, -0.05) is 22.0 Å². The summed E-state index contributed by atoms with van der Waals surface area (Å²) in [4.78, 5) is 2.34. The van der Waals surface area contributed by atoms with Gasteiger partial charge in [-0.05, 0) is 79.6 Å². The Morgan fingerprint density at radius 3 is 2.58 bits per heavy atom. The van der Waals surface area contributed by atoms with E-state index in [0.717, 1.165) is 58.0 Å². The molecule has 0 radical (unpaired) electrons. The Kier molecular flexibility index (Phi) is 6.25. The molecule has 0 aliphatic carbocycles. The number of fused-ring (bicyclic) bond motifs is 1. The van der Waals surface area contributed by atoms with Crippen molar-refractivity contribution >= 4 is 15.9 Å². The van der Waals surface area contributed by atoms with E-state index in [1.807, 2.05) is 47.3 Å². The second-order valence-electron chi connectivity index (χ2n) is 9.09. The molecule has 1 saturated heterocycles. The Bertz CT molecular complexity index is 1370. The van der Waals surface area contributed by atoms with Gasteiger partial charge in [0.15, 0.2) is 11.5 Å². The molecule has 0 saturated carbocycles. The highest BCUT2D eigenvalue weighted by atomic mass is 79.9. The average Bonchev–Trinajstić information content (AvgIpc) is 3.61. The summed E-state index contributed by atoms with van der Waals surface area (Å²) < 4.78 is 34.0. The van der Waals surface area contributed by atoms with Crippen molar-refractivity contribution in [2.24, 2.45) is 0 Å². The van der Waals surface area contributed by atoms with E-state index in [1.165, 1.54) is 17.7 Å². The Hall–Kier alpha value is -3.20. The van der Waals surface area contributed by atoms with E-state index in [0.29, 0.717) is 0 Å². The minimum atomic E-state index is -0.274. The van der Waals surface area contributed by atoms with E-state index in [2.05, 4.69) is 33.8 Å². The smallest absolute Gasteiger partial charge is 0.231 e. The number of rotatable bonds is 6. The fraction of sp³-hybridized carbons (Fsp3) is 0.250. The molecule has 3 aromatic carbocycles. The predicted octanol–water partition coefficient (Wildman–Crippen LogP) is 6.13. The molecule has 184 valence electrons. The first-order chi connectivity index (χ1) is 17.5. The van der Waals surface area contributed by atoms with Crippen molar-refractivity contribution in [1.82, 2.24) is 14.7 Å². The topological polar surface area (TPSA) is 48.8 Å². The largest absolute Gasteiger partial charge is 0.454 e. The van der Waals surface area contributed by atoms with Crippen molar-refractivity contribution in [3.63, 3.8) is 0 Å². The second-order valence-corrected chi connectivity index (χ2v) is 10.0. The maximum absolute atomic E-state index is 13.7. The molecule has 6 nitrogen and oxygen atoms in total. The zero-order valence-corrected chi connectivity index (χ0v) is 21.3. The van der Waals surface area contributed by atoms with Crippen LogP contribution in [-0.4, -0.2) is 40.7 Å². The van der Waals surface area contributed by atoms with Crippen molar-refractivity contribution in [2.45, 2.75) is 25.7 Å². The van der Waals surface area contributed by atoms with Crippen LogP contribution in [-0.2, 0) is 11.2 Å². The third-order valence-electron chi connectivity index (χ3n) is 6.53. The number of ether oxygens (including phenoxy) is 3. The second kappa shape index (κ2) is 9.69. The van der Waals surface area contributed by atoms with Crippen LogP contribution in [0.15, 0.2) is 77.4 Å². The molecule has 1 fully saturated rings. The molecular weight excluding hydrogens is 525 g/mol. The van der Waals surface area contributed by atoms with E-state index in [4.69, 9.17) is 19.3 Å². The normalized spacial score (nSPS) is 19.2. The van der Waals surface area contributed by atoms with Gasteiger partial charge in [-0.2, -0.15) is 5.10 Å². The average molecular weight is 550 g/mol. The van der Waals surface area contributed by atoms with Gasteiger partial charge in [0.1, 0.15) is 12.0 Å². The summed E-state index contributed by atoms with van der Waals surface area (Å²) in [5, 5.41) is 4.91. The van der Waals surface area contributed by atoms with Crippen LogP contribution in [0.1, 0.15) is 24.3 Å². The van der Waals surface area contributed by atoms with Crippen LogP contribution < -0.4 is 9.47 Å². The summed E-state index contributed by atoms with van der Waals surface area (Å²) in [5.41, 5.74) is 4.71. The summed E-state index contributed by atoms with van der Waals surface area (Å²) >= 11 is 3.50. The summed E-state index contributed by atoms with van der Waals surface area (Å²) in [6.45, 7) is 3.97. The van der Waals surface area contributed by atoms with Gasteiger partial charge in [-0.3, -0.25) is 4.90 Å². The molecule has 2 aliphatic rings. The number of hydrogen-bond acceptors (Lipinski definition) is 5. The minimum Gasteiger partial charge on any atom is -0.454 e. The number of halogens is 2. The van der Waals surface area contributed by atoms with Gasteiger partial charge in [0.2, 0.25) is 6.79 Å². The summed E-state index contributed by atoms with van der Waals surface area (Å²) in [7, 11) is 0. The SMILES string of the molecule is C[C@H]1CN(CCc2ccc3c(c2)OCO3)[C@H](c2cn(-c3ccc(Br)cc3)nc2-c2ccc(F)cc2)O1. The molecule has 0 spiro atoms. The number of nitrogens with zero attached hydrogens (tertiary/aromatic N) is 3. The van der Waals surface area contributed by atoms with E-state index in [9.17, 15) is 4.39 Å². The van der Waals surface area contributed by atoms with Crippen LogP contribution in [0.3, 0.4) is 0 Å². The van der Waals surface area contributed by atoms with E-state index in [1.54, 1.807) is 12.1 Å². The Morgan fingerprint density at radius 1 is 1.00 bits per heavy atom. The van der Waals surface area contributed by atoms with E-state index in [-0.39, 0.29) is 24.9 Å². The standard InChI is InChI=1S/C28H25BrFN3O3/c1-18-15-32(13-12-19-2-11-25-26(14-19)35-17-34-25)28(36-18)24-16-33(23-9-5-21(29)6-10-23)31-27(24)20-3-7-22(30)8-4-20/h2-11,14,16,18,28H,12-13,15,17H2,1H3/t18-,28-/m0/s1. The van der Waals surface area contributed by atoms with Crippen LogP contribution in [0.2, 0.25) is 0 Å². The van der Waals surface area contributed by atoms with Gasteiger partial charge in [-0.25, -0.2) is 9.07 Å². The molecule has 0 bridgehead atoms. The zero-order valence-electron chi connectivity index (χ0n) is 19.7. The summed E-state index contributed by atoms with van der Waals surface area (Å²) in [5.74, 6) is 1.31. The van der Waals surface area contributed by atoms with Crippen molar-refractivity contribution < 1.29 is 18.6 Å². The van der Waals surface area contributed by atoms with Crippen molar-refractivity contribution in [1.29, 1.82) is 0 Å². The van der Waals surface area contributed by atoms with E-state index >= 15 is 0 Å². The molecule has 0 unspecified atom stereocenters. The fourth-order valence-corrected chi connectivity index (χ4v) is 5.01. The highest BCUT2D eigenvalue weighted by Gasteiger charge is 2.34. The molecule has 4 aromatic rings. The molecule has 6 rings (SSSR count). The Morgan fingerprint density at radius 2 is 1.78 bits per heavy atom. The lowest BCUT2D eigenvalue weighted by atomic mass is 10.1. The molecule has 1 aromatic heterocycles. The van der Waals surface area contributed by atoms with Gasteiger partial charge in [0.25, 0.3) is 0 Å². The summed E-state index contributed by atoms with van der Waals surface area (Å²) in [6.07, 6.45) is 2.68. The first-order valence-electron chi connectivity index (χ1n) is 11.9. The molecule has 2 atom stereocenters. The molecule has 8 heteroatoms. The number of hydrogen-bond donors (Lipinski definition) is 0. The molecule has 36 heavy (non-hydrogen) atoms. The minimum absolute atomic E-state index is 0.0730. The van der Waals surface area contributed by atoms with E-state index < -0.39 is 0 Å². The summed E-state index contributed by atoms with van der Waals surface area (Å²) in [6, 6.07) is 20.5. The zero-order chi connectivity index (χ0) is 24.6. The van der Waals surface area contributed by atoms with Crippen molar-refractivity contribution in [3.05, 3.63) is 94.3 Å². The molecule has 0 N–H and O–H groups in total. The lowest BCUT2D eigenvalue weighted by Crippen LogP contribution is -2.27. The third-order valence-corrected chi connectivity index (χ3v) is 7.06. The fourth-order valence-electron chi connectivity index (χ4n) is 4.75. The highest BCUT2D eigenvalue weighted by molar-refractivity contribution is 9.10. The molecule has 2 aliphatic heterocycles. The lowest BCUT2D eigenvalue weighted by Gasteiger charge is -2.23. The van der Waals surface area contributed by atoms with Crippen molar-refractivity contribution in [2.75, 3.05) is 19.9 Å². The van der Waals surface area contributed by atoms with Crippen molar-refractivity contribution in [3.8, 4) is 28.4 Å². The van der Waals surface area contributed by atoms with Gasteiger partial charge in [0, 0.05) is 34.9 Å². The first-order valence-corrected chi connectivity index (χ1v) is 12.7. The van der Waals surface area contributed by atoms with Crippen LogP contribution in [0.4, 0.5) is 4.39 Å². The van der Waals surface area contributed by atoms with Gasteiger partial charge in [0.05, 0.1) is 17.5 Å². The maximum atomic E-state index is 13.7. The van der Waals surface area contributed by atoms with Crippen LogP contribution in [0, 0.1) is 5.82 Å². The predicted molar refractivity (Wildman–Crippen MR) is 138 cm³/mol. The molecule has 3 heterocycles. The monoisotopic (exact) mass is 549 g/mol. The van der Waals surface area contributed by atoms with Crippen LogP contribution >= 0.6 is 15.9 Å². The van der Waals surface area contributed by atoms with Crippen LogP contribution in [0.5, 0.6) is 11.5 Å². The van der Waals surface area contributed by atoms with Gasteiger partial charge in [-0.15, -0.1) is 0 Å². The highest BCUT2D eigenvalue weighted by Crippen LogP contribution is 2.37. The maximum Gasteiger partial charge on any atom is 0.231 e. The molecular formula is C28H25BrFN3O3. The lowest BCUT2D eigenvalue weighted by molar-refractivity contribution is 0.00521. The number of benzene rings is 3. The van der Waals surface area contributed by atoms with Crippen LogP contribution in [0.25, 0.3) is 16.9 Å². The Labute approximate surface area is 217 Å². The molecule has 0 amide bonds. The van der Waals surface area contributed by atoms with Gasteiger partial charge >= 0.3 is 0 Å². The quantitative estimate of drug-likeness (QED) is 0.289.